The molecule has 0 radical (unpaired) electrons. The minimum absolute atomic E-state index is 0.0302. The maximum atomic E-state index is 12.9. The summed E-state index contributed by atoms with van der Waals surface area (Å²) in [6.07, 6.45) is 4.60. The van der Waals surface area contributed by atoms with Crippen LogP contribution in [0.3, 0.4) is 0 Å². The SMILES string of the molecule is CCS(=O)(=O)c1ccc(CNC(=O)c2ccc3c(c2)cc(Cc2ccc(C)cc2)n3C2CC2)nc1. The van der Waals surface area contributed by atoms with E-state index in [4.69, 9.17) is 0 Å². The summed E-state index contributed by atoms with van der Waals surface area (Å²) < 4.78 is 26.3. The summed E-state index contributed by atoms with van der Waals surface area (Å²) in [5.41, 5.74) is 6.18. The molecule has 4 aromatic rings. The topological polar surface area (TPSA) is 81.1 Å². The Bertz CT molecular complexity index is 1480. The lowest BCUT2D eigenvalue weighted by molar-refractivity contribution is 0.0950. The lowest BCUT2D eigenvalue weighted by Crippen LogP contribution is -2.23. The van der Waals surface area contributed by atoms with Gasteiger partial charge in [0.15, 0.2) is 9.84 Å². The lowest BCUT2D eigenvalue weighted by Gasteiger charge is -2.10. The third-order valence-corrected chi connectivity index (χ3v) is 8.29. The predicted molar refractivity (Wildman–Crippen MR) is 137 cm³/mol. The van der Waals surface area contributed by atoms with E-state index in [9.17, 15) is 13.2 Å². The molecule has 6 nitrogen and oxygen atoms in total. The average Bonchev–Trinajstić information content (AvgIpc) is 3.64. The van der Waals surface area contributed by atoms with Gasteiger partial charge in [-0.3, -0.25) is 9.78 Å². The molecular weight excluding hydrogens is 458 g/mol. The van der Waals surface area contributed by atoms with Crippen molar-refractivity contribution in [3.05, 3.63) is 94.9 Å². The van der Waals surface area contributed by atoms with Crippen LogP contribution in [0.1, 0.15) is 58.7 Å². The molecular formula is C28H29N3O3S. The maximum absolute atomic E-state index is 12.9. The van der Waals surface area contributed by atoms with Gasteiger partial charge in [-0.15, -0.1) is 0 Å². The third-order valence-electron chi connectivity index (χ3n) is 6.57. The van der Waals surface area contributed by atoms with Crippen LogP contribution in [0.2, 0.25) is 0 Å². The zero-order chi connectivity index (χ0) is 24.6. The zero-order valence-corrected chi connectivity index (χ0v) is 20.8. The average molecular weight is 488 g/mol. The number of fused-ring (bicyclic) bond motifs is 1. The second-order valence-electron chi connectivity index (χ2n) is 9.24. The highest BCUT2D eigenvalue weighted by Gasteiger charge is 2.27. The molecule has 1 fully saturated rings. The van der Waals surface area contributed by atoms with Gasteiger partial charge < -0.3 is 9.88 Å². The number of amides is 1. The Labute approximate surface area is 205 Å². The van der Waals surface area contributed by atoms with Crippen molar-refractivity contribution in [3.63, 3.8) is 0 Å². The molecule has 2 aromatic carbocycles. The summed E-state index contributed by atoms with van der Waals surface area (Å²) in [4.78, 5) is 17.2. The van der Waals surface area contributed by atoms with Crippen LogP contribution in [0.25, 0.3) is 10.9 Å². The number of hydrogen-bond acceptors (Lipinski definition) is 4. The van der Waals surface area contributed by atoms with E-state index in [2.05, 4.69) is 52.1 Å². The van der Waals surface area contributed by atoms with Gasteiger partial charge in [0, 0.05) is 40.8 Å². The van der Waals surface area contributed by atoms with Crippen LogP contribution >= 0.6 is 0 Å². The van der Waals surface area contributed by atoms with Gasteiger partial charge in [0.05, 0.1) is 22.9 Å². The van der Waals surface area contributed by atoms with Crippen LogP contribution in [-0.4, -0.2) is 29.6 Å². The van der Waals surface area contributed by atoms with Gasteiger partial charge in [0.2, 0.25) is 0 Å². The molecule has 5 rings (SSSR count). The molecule has 0 spiro atoms. The number of pyridine rings is 1. The van der Waals surface area contributed by atoms with Crippen molar-refractivity contribution >= 4 is 26.6 Å². The minimum Gasteiger partial charge on any atom is -0.346 e. The van der Waals surface area contributed by atoms with E-state index in [-0.39, 0.29) is 23.1 Å². The fraction of sp³-hybridized carbons (Fsp3) is 0.286. The maximum Gasteiger partial charge on any atom is 0.251 e. The third kappa shape index (κ3) is 5.00. The number of sulfone groups is 1. The van der Waals surface area contributed by atoms with Crippen molar-refractivity contribution in [2.75, 3.05) is 5.75 Å². The molecule has 35 heavy (non-hydrogen) atoms. The quantitative estimate of drug-likeness (QED) is 0.380. The Hall–Kier alpha value is -3.45. The van der Waals surface area contributed by atoms with Gasteiger partial charge >= 0.3 is 0 Å². The molecule has 0 aliphatic heterocycles. The van der Waals surface area contributed by atoms with Gasteiger partial charge in [0.25, 0.3) is 5.91 Å². The number of carbonyl (C=O) groups is 1. The highest BCUT2D eigenvalue weighted by Crippen LogP contribution is 2.40. The van der Waals surface area contributed by atoms with Crippen LogP contribution in [0.4, 0.5) is 0 Å². The molecule has 0 unspecified atom stereocenters. The molecule has 1 amide bonds. The molecule has 0 atom stereocenters. The summed E-state index contributed by atoms with van der Waals surface area (Å²) in [6, 6.07) is 20.4. The fourth-order valence-electron chi connectivity index (χ4n) is 4.39. The van der Waals surface area contributed by atoms with E-state index in [0.29, 0.717) is 17.3 Å². The van der Waals surface area contributed by atoms with Gasteiger partial charge in [0.1, 0.15) is 0 Å². The van der Waals surface area contributed by atoms with Crippen molar-refractivity contribution in [1.82, 2.24) is 14.9 Å². The summed E-state index contributed by atoms with van der Waals surface area (Å²) in [5, 5.41) is 3.96. The molecule has 1 aliphatic carbocycles. The highest BCUT2D eigenvalue weighted by molar-refractivity contribution is 7.91. The number of nitrogens with zero attached hydrogens (tertiary/aromatic N) is 2. The molecule has 1 N–H and O–H groups in total. The first-order valence-corrected chi connectivity index (χ1v) is 13.6. The lowest BCUT2D eigenvalue weighted by atomic mass is 10.1. The van der Waals surface area contributed by atoms with Crippen LogP contribution in [-0.2, 0) is 22.8 Å². The Morgan fingerprint density at radius 1 is 1.06 bits per heavy atom. The van der Waals surface area contributed by atoms with E-state index in [1.54, 1.807) is 13.0 Å². The Balaban J connectivity index is 1.33. The largest absolute Gasteiger partial charge is 0.346 e. The Kier molecular flexibility index (Phi) is 6.19. The first-order valence-electron chi connectivity index (χ1n) is 12.0. The Morgan fingerprint density at radius 2 is 1.83 bits per heavy atom. The smallest absolute Gasteiger partial charge is 0.251 e. The molecule has 7 heteroatoms. The summed E-state index contributed by atoms with van der Waals surface area (Å²) in [5.74, 6) is -0.152. The number of benzene rings is 2. The van der Waals surface area contributed by atoms with E-state index in [1.165, 1.54) is 47.4 Å². The van der Waals surface area contributed by atoms with E-state index >= 15 is 0 Å². The number of aromatic nitrogens is 2. The summed E-state index contributed by atoms with van der Waals surface area (Å²) >= 11 is 0. The van der Waals surface area contributed by atoms with Gasteiger partial charge in [-0.2, -0.15) is 0 Å². The molecule has 1 saturated carbocycles. The number of aryl methyl sites for hydroxylation is 1. The van der Waals surface area contributed by atoms with Crippen molar-refractivity contribution in [3.8, 4) is 0 Å². The predicted octanol–water partition coefficient (Wildman–Crippen LogP) is 4.99. The van der Waals surface area contributed by atoms with Crippen molar-refractivity contribution < 1.29 is 13.2 Å². The normalized spacial score (nSPS) is 13.8. The zero-order valence-electron chi connectivity index (χ0n) is 20.0. The second kappa shape index (κ2) is 9.30. The van der Waals surface area contributed by atoms with Crippen LogP contribution in [0, 0.1) is 6.92 Å². The van der Waals surface area contributed by atoms with Crippen LogP contribution in [0.5, 0.6) is 0 Å². The highest BCUT2D eigenvalue weighted by atomic mass is 32.2. The van der Waals surface area contributed by atoms with Crippen molar-refractivity contribution in [1.29, 1.82) is 0 Å². The standard InChI is InChI=1S/C28H29N3O3S/c1-3-35(33,34)26-12-9-23(29-18-26)17-30-28(32)21-8-13-27-22(15-21)16-25(31(27)24-10-11-24)14-20-6-4-19(2)5-7-20/h4-9,12-13,15-16,18,24H,3,10-11,14,17H2,1-2H3,(H,30,32). The van der Waals surface area contributed by atoms with Crippen molar-refractivity contribution in [2.24, 2.45) is 0 Å². The van der Waals surface area contributed by atoms with Crippen molar-refractivity contribution in [2.45, 2.75) is 50.6 Å². The number of rotatable bonds is 8. The molecule has 0 bridgehead atoms. The number of nitrogens with one attached hydrogen (secondary N) is 1. The summed E-state index contributed by atoms with van der Waals surface area (Å²) in [6.45, 7) is 3.93. The number of hydrogen-bond donors (Lipinski definition) is 1. The van der Waals surface area contributed by atoms with Crippen LogP contribution in [0.15, 0.2) is 71.8 Å². The molecule has 0 saturated heterocycles. The molecule has 2 aromatic heterocycles. The van der Waals surface area contributed by atoms with Gasteiger partial charge in [-0.1, -0.05) is 36.8 Å². The van der Waals surface area contributed by atoms with E-state index in [0.717, 1.165) is 11.8 Å². The van der Waals surface area contributed by atoms with Crippen LogP contribution < -0.4 is 5.32 Å². The summed E-state index contributed by atoms with van der Waals surface area (Å²) in [7, 11) is -3.29. The Morgan fingerprint density at radius 3 is 2.49 bits per heavy atom. The van der Waals surface area contributed by atoms with Gasteiger partial charge in [-0.05, 0) is 61.7 Å². The minimum atomic E-state index is -3.29. The first-order chi connectivity index (χ1) is 16.8. The molecule has 1 aliphatic rings. The first kappa shape index (κ1) is 23.3. The van der Waals surface area contributed by atoms with E-state index in [1.807, 2.05) is 18.2 Å². The fourth-order valence-corrected chi connectivity index (χ4v) is 5.21. The molecule has 2 heterocycles. The number of carbonyl (C=O) groups excluding carboxylic acids is 1. The van der Waals surface area contributed by atoms with E-state index < -0.39 is 9.84 Å². The van der Waals surface area contributed by atoms with Gasteiger partial charge in [-0.25, -0.2) is 8.42 Å². The molecule has 180 valence electrons. The monoisotopic (exact) mass is 487 g/mol. The second-order valence-corrected chi connectivity index (χ2v) is 11.5.